The van der Waals surface area contributed by atoms with E-state index in [1.54, 1.807) is 0 Å². The number of hydrogen-bond donors (Lipinski definition) is 2. The number of amides is 1. The number of nitrogens with one attached hydrogen (secondary N) is 1. The summed E-state index contributed by atoms with van der Waals surface area (Å²) in [7, 11) is 0. The van der Waals surface area contributed by atoms with Crippen LogP contribution in [0, 0.1) is 0 Å². The molecule has 1 rings (SSSR count). The fraction of sp³-hybridized carbons (Fsp3) is 0.333. The van der Waals surface area contributed by atoms with E-state index < -0.39 is 24.7 Å². The minimum Gasteiger partial charge on any atom is -0.382 e. The van der Waals surface area contributed by atoms with Gasteiger partial charge in [0.25, 0.3) is 5.91 Å². The van der Waals surface area contributed by atoms with Crippen molar-refractivity contribution < 1.29 is 23.1 Å². The van der Waals surface area contributed by atoms with Gasteiger partial charge in [-0.25, -0.2) is 4.98 Å². The Morgan fingerprint density at radius 2 is 2.24 bits per heavy atom. The maximum absolute atomic E-state index is 11.9. The van der Waals surface area contributed by atoms with E-state index in [4.69, 9.17) is 16.7 Å². The molecular formula is C9H8ClF3N2O2. The van der Waals surface area contributed by atoms with E-state index in [0.717, 1.165) is 0 Å². The van der Waals surface area contributed by atoms with E-state index in [1.807, 2.05) is 5.32 Å². The first-order chi connectivity index (χ1) is 7.80. The monoisotopic (exact) mass is 268 g/mol. The second-order valence-corrected chi connectivity index (χ2v) is 3.52. The van der Waals surface area contributed by atoms with Gasteiger partial charge in [0.1, 0.15) is 5.15 Å². The summed E-state index contributed by atoms with van der Waals surface area (Å²) < 4.78 is 35.8. The zero-order valence-electron chi connectivity index (χ0n) is 8.33. The lowest BCUT2D eigenvalue weighted by molar-refractivity contribution is -0.201. The van der Waals surface area contributed by atoms with E-state index in [1.165, 1.54) is 18.3 Å². The molecule has 1 heterocycles. The fourth-order valence-corrected chi connectivity index (χ4v) is 1.12. The molecule has 8 heteroatoms. The maximum Gasteiger partial charge on any atom is 0.416 e. The molecule has 0 aliphatic carbocycles. The summed E-state index contributed by atoms with van der Waals surface area (Å²) in [6, 6.07) is 2.50. The predicted octanol–water partition coefficient (Wildman–Crippen LogP) is 1.39. The fourth-order valence-electron chi connectivity index (χ4n) is 0.951. The standard InChI is InChI=1S/C9H8ClF3N2O2/c10-7-3-5(1-2-14-7)8(17)15-4-6(16)9(11,12)13/h1-3,6,16H,4H2,(H,15,17). The van der Waals surface area contributed by atoms with E-state index in [-0.39, 0.29) is 10.7 Å². The lowest BCUT2D eigenvalue weighted by atomic mass is 10.2. The van der Waals surface area contributed by atoms with Gasteiger partial charge >= 0.3 is 6.18 Å². The van der Waals surface area contributed by atoms with Crippen LogP contribution in [0.15, 0.2) is 18.3 Å². The number of rotatable bonds is 3. The van der Waals surface area contributed by atoms with E-state index in [2.05, 4.69) is 4.98 Å². The van der Waals surface area contributed by atoms with Crippen LogP contribution in [0.1, 0.15) is 10.4 Å². The van der Waals surface area contributed by atoms with Crippen LogP contribution in [0.5, 0.6) is 0 Å². The molecule has 0 spiro atoms. The third-order valence-corrected chi connectivity index (χ3v) is 2.03. The third kappa shape index (κ3) is 4.20. The Balaban J connectivity index is 2.57. The zero-order chi connectivity index (χ0) is 13.1. The third-order valence-electron chi connectivity index (χ3n) is 1.82. The van der Waals surface area contributed by atoms with Gasteiger partial charge in [-0.2, -0.15) is 13.2 Å². The van der Waals surface area contributed by atoms with Crippen molar-refractivity contribution in [3.63, 3.8) is 0 Å². The number of aliphatic hydroxyl groups excluding tert-OH is 1. The molecule has 0 saturated carbocycles. The summed E-state index contributed by atoms with van der Waals surface area (Å²) in [6.45, 7) is -0.914. The van der Waals surface area contributed by atoms with Gasteiger partial charge < -0.3 is 10.4 Å². The van der Waals surface area contributed by atoms with Crippen LogP contribution in [0.2, 0.25) is 5.15 Å². The van der Waals surface area contributed by atoms with Crippen molar-refractivity contribution in [2.24, 2.45) is 0 Å². The quantitative estimate of drug-likeness (QED) is 0.815. The molecule has 1 atom stereocenters. The molecule has 0 bridgehead atoms. The van der Waals surface area contributed by atoms with E-state index >= 15 is 0 Å². The average molecular weight is 269 g/mol. The lowest BCUT2D eigenvalue weighted by Gasteiger charge is -2.14. The Labute approximate surface area is 99.4 Å². The molecule has 0 saturated heterocycles. The summed E-state index contributed by atoms with van der Waals surface area (Å²) in [4.78, 5) is 15.0. The highest BCUT2D eigenvalue weighted by Gasteiger charge is 2.38. The SMILES string of the molecule is O=C(NCC(O)C(F)(F)F)c1ccnc(Cl)c1. The highest BCUT2D eigenvalue weighted by atomic mass is 35.5. The van der Waals surface area contributed by atoms with Crippen molar-refractivity contribution in [3.8, 4) is 0 Å². The smallest absolute Gasteiger partial charge is 0.382 e. The molecule has 1 amide bonds. The molecule has 94 valence electrons. The number of pyridine rings is 1. The Morgan fingerprint density at radius 1 is 1.59 bits per heavy atom. The highest BCUT2D eigenvalue weighted by molar-refractivity contribution is 6.29. The van der Waals surface area contributed by atoms with Crippen molar-refractivity contribution in [2.75, 3.05) is 6.54 Å². The second-order valence-electron chi connectivity index (χ2n) is 3.13. The summed E-state index contributed by atoms with van der Waals surface area (Å²) >= 11 is 5.50. The first-order valence-corrected chi connectivity index (χ1v) is 4.83. The van der Waals surface area contributed by atoms with Gasteiger partial charge in [-0.1, -0.05) is 11.6 Å². The lowest BCUT2D eigenvalue weighted by Crippen LogP contribution is -2.40. The van der Waals surface area contributed by atoms with Gasteiger partial charge in [-0.05, 0) is 12.1 Å². The van der Waals surface area contributed by atoms with E-state index in [9.17, 15) is 18.0 Å². The molecular weight excluding hydrogens is 261 g/mol. The number of nitrogens with zero attached hydrogens (tertiary/aromatic N) is 1. The van der Waals surface area contributed by atoms with Gasteiger partial charge in [0, 0.05) is 11.8 Å². The number of carbonyl (C=O) groups excluding carboxylic acids is 1. The number of hydrogen-bond acceptors (Lipinski definition) is 3. The minimum atomic E-state index is -4.76. The molecule has 2 N–H and O–H groups in total. The normalized spacial score (nSPS) is 13.2. The first kappa shape index (κ1) is 13.7. The van der Waals surface area contributed by atoms with Crippen molar-refractivity contribution >= 4 is 17.5 Å². The number of halogens is 4. The van der Waals surface area contributed by atoms with Crippen LogP contribution in [0.25, 0.3) is 0 Å². The van der Waals surface area contributed by atoms with Crippen molar-refractivity contribution in [2.45, 2.75) is 12.3 Å². The van der Waals surface area contributed by atoms with Gasteiger partial charge in [0.05, 0.1) is 6.54 Å². The van der Waals surface area contributed by atoms with Crippen molar-refractivity contribution in [3.05, 3.63) is 29.0 Å². The zero-order valence-corrected chi connectivity index (χ0v) is 9.09. The largest absolute Gasteiger partial charge is 0.416 e. The predicted molar refractivity (Wildman–Crippen MR) is 53.6 cm³/mol. The summed E-state index contributed by atoms with van der Waals surface area (Å²) in [5.41, 5.74) is 0.0689. The van der Waals surface area contributed by atoms with Crippen molar-refractivity contribution in [1.29, 1.82) is 0 Å². The first-order valence-electron chi connectivity index (χ1n) is 4.45. The number of aliphatic hydroxyl groups is 1. The van der Waals surface area contributed by atoms with E-state index in [0.29, 0.717) is 0 Å². The van der Waals surface area contributed by atoms with Crippen LogP contribution < -0.4 is 5.32 Å². The topological polar surface area (TPSA) is 62.2 Å². The maximum atomic E-state index is 11.9. The van der Waals surface area contributed by atoms with Crippen molar-refractivity contribution in [1.82, 2.24) is 10.3 Å². The Hall–Kier alpha value is -1.34. The molecule has 0 radical (unpaired) electrons. The molecule has 1 aromatic heterocycles. The summed E-state index contributed by atoms with van der Waals surface area (Å²) in [5, 5.41) is 10.6. The highest BCUT2D eigenvalue weighted by Crippen LogP contribution is 2.19. The molecule has 0 aromatic carbocycles. The van der Waals surface area contributed by atoms with Crippen LogP contribution in [0.4, 0.5) is 13.2 Å². The molecule has 1 aromatic rings. The summed E-state index contributed by atoms with van der Waals surface area (Å²) in [6.07, 6.45) is -6.11. The van der Waals surface area contributed by atoms with Gasteiger partial charge in [0.15, 0.2) is 6.10 Å². The number of carbonyl (C=O) groups is 1. The minimum absolute atomic E-state index is 0.0500. The van der Waals surface area contributed by atoms with Crippen LogP contribution in [0.3, 0.4) is 0 Å². The van der Waals surface area contributed by atoms with Gasteiger partial charge in [0.2, 0.25) is 0 Å². The van der Waals surface area contributed by atoms with Gasteiger partial charge in [-0.3, -0.25) is 4.79 Å². The van der Waals surface area contributed by atoms with Crippen LogP contribution >= 0.6 is 11.6 Å². The molecule has 0 aliphatic rings. The van der Waals surface area contributed by atoms with Gasteiger partial charge in [-0.15, -0.1) is 0 Å². The van der Waals surface area contributed by atoms with Crippen LogP contribution in [-0.4, -0.2) is 34.8 Å². The molecule has 1 unspecified atom stereocenters. The second kappa shape index (κ2) is 5.33. The molecule has 0 fully saturated rings. The van der Waals surface area contributed by atoms with Crippen LogP contribution in [-0.2, 0) is 0 Å². The number of aromatic nitrogens is 1. The Kier molecular flexibility index (Phi) is 4.30. The number of alkyl halides is 3. The molecule has 4 nitrogen and oxygen atoms in total. The Morgan fingerprint density at radius 3 is 2.76 bits per heavy atom. The summed E-state index contributed by atoms with van der Waals surface area (Å²) in [5.74, 6) is -0.766. The molecule has 0 aliphatic heterocycles. The Bertz CT molecular complexity index is 411. The molecule has 17 heavy (non-hydrogen) atoms. The average Bonchev–Trinajstić information content (AvgIpc) is 2.24.